The molecule has 180 valence electrons. The molecule has 0 amide bonds. The molecule has 0 aliphatic rings. The molecule has 0 unspecified atom stereocenters. The lowest BCUT2D eigenvalue weighted by atomic mass is 9.95. The van der Waals surface area contributed by atoms with Gasteiger partial charge in [0.15, 0.2) is 0 Å². The van der Waals surface area contributed by atoms with Crippen molar-refractivity contribution in [1.82, 2.24) is 0 Å². The summed E-state index contributed by atoms with van der Waals surface area (Å²) in [5.41, 5.74) is 3.09. The van der Waals surface area contributed by atoms with Crippen molar-refractivity contribution in [1.29, 1.82) is 0 Å². The molecule has 4 aromatic rings. The van der Waals surface area contributed by atoms with Gasteiger partial charge in [0.2, 0.25) is 0 Å². The number of ether oxygens (including phenoxy) is 3. The van der Waals surface area contributed by atoms with Crippen LogP contribution in [0.15, 0.2) is 82.0 Å². The van der Waals surface area contributed by atoms with Crippen molar-refractivity contribution < 1.29 is 23.4 Å². The molecule has 6 nitrogen and oxygen atoms in total. The molecule has 6 heteroatoms. The third-order valence-corrected chi connectivity index (χ3v) is 5.66. The smallest absolute Gasteiger partial charge is 0.342 e. The summed E-state index contributed by atoms with van der Waals surface area (Å²) in [6, 6.07) is 21.6. The number of esters is 1. The standard InChI is InChI=1S/C29H28O6/c1-19(2)24-17-25-21(16-28(30)35-27(25)15-20(24)3)18-34-29(31)23-11-7-8-12-26(23)33-14-13-32-22-9-5-4-6-10-22/h4-12,15-17,19H,13-14,18H2,1-3H3. The zero-order chi connectivity index (χ0) is 24.8. The number of hydrogen-bond donors (Lipinski definition) is 0. The molecule has 35 heavy (non-hydrogen) atoms. The van der Waals surface area contributed by atoms with E-state index in [4.69, 9.17) is 18.6 Å². The van der Waals surface area contributed by atoms with Gasteiger partial charge in [0.05, 0.1) is 0 Å². The van der Waals surface area contributed by atoms with Crippen LogP contribution >= 0.6 is 0 Å². The fraction of sp³-hybridized carbons (Fsp3) is 0.241. The van der Waals surface area contributed by atoms with Gasteiger partial charge in [-0.1, -0.05) is 44.2 Å². The molecule has 0 aliphatic carbocycles. The Hall–Kier alpha value is -4.06. The molecule has 0 saturated heterocycles. The lowest BCUT2D eigenvalue weighted by Gasteiger charge is -2.14. The van der Waals surface area contributed by atoms with Gasteiger partial charge in [-0.05, 0) is 60.4 Å². The molecular formula is C29H28O6. The van der Waals surface area contributed by atoms with Crippen LogP contribution in [0.5, 0.6) is 11.5 Å². The Morgan fingerprint density at radius 1 is 0.914 bits per heavy atom. The molecule has 0 saturated carbocycles. The van der Waals surface area contributed by atoms with E-state index in [1.54, 1.807) is 24.3 Å². The van der Waals surface area contributed by atoms with Gasteiger partial charge in [-0.2, -0.15) is 0 Å². The molecule has 0 spiro atoms. The van der Waals surface area contributed by atoms with Crippen molar-refractivity contribution in [3.05, 3.63) is 105 Å². The molecule has 0 N–H and O–H groups in total. The Kier molecular flexibility index (Phi) is 7.51. The summed E-state index contributed by atoms with van der Waals surface area (Å²) in [4.78, 5) is 25.0. The highest BCUT2D eigenvalue weighted by molar-refractivity contribution is 5.92. The van der Waals surface area contributed by atoms with Crippen molar-refractivity contribution in [2.45, 2.75) is 33.3 Å². The Labute approximate surface area is 204 Å². The number of aryl methyl sites for hydroxylation is 1. The van der Waals surface area contributed by atoms with Crippen LogP contribution in [0.25, 0.3) is 11.0 Å². The fourth-order valence-electron chi connectivity index (χ4n) is 3.94. The van der Waals surface area contributed by atoms with Gasteiger partial charge < -0.3 is 18.6 Å². The first-order valence-corrected chi connectivity index (χ1v) is 11.6. The van der Waals surface area contributed by atoms with Gasteiger partial charge >= 0.3 is 11.6 Å². The number of rotatable bonds is 9. The molecule has 0 bridgehead atoms. The van der Waals surface area contributed by atoms with E-state index in [0.29, 0.717) is 35.0 Å². The van der Waals surface area contributed by atoms with Gasteiger partial charge in [0, 0.05) is 17.0 Å². The molecule has 4 rings (SSSR count). The Balaban J connectivity index is 1.46. The summed E-state index contributed by atoms with van der Waals surface area (Å²) < 4.78 is 22.4. The molecule has 0 radical (unpaired) electrons. The highest BCUT2D eigenvalue weighted by Crippen LogP contribution is 2.27. The average molecular weight is 473 g/mol. The number of hydrogen-bond acceptors (Lipinski definition) is 6. The molecule has 3 aromatic carbocycles. The Bertz CT molecular complexity index is 1370. The van der Waals surface area contributed by atoms with E-state index in [-0.39, 0.29) is 13.2 Å². The minimum atomic E-state index is -0.540. The highest BCUT2D eigenvalue weighted by Gasteiger charge is 2.16. The summed E-state index contributed by atoms with van der Waals surface area (Å²) in [5, 5.41) is 0.759. The van der Waals surface area contributed by atoms with Gasteiger partial charge in [-0.15, -0.1) is 0 Å². The summed E-state index contributed by atoms with van der Waals surface area (Å²) in [7, 11) is 0. The second-order valence-corrected chi connectivity index (χ2v) is 8.53. The maximum Gasteiger partial charge on any atom is 0.342 e. The largest absolute Gasteiger partial charge is 0.490 e. The second-order valence-electron chi connectivity index (χ2n) is 8.53. The van der Waals surface area contributed by atoms with Crippen LogP contribution < -0.4 is 15.1 Å². The summed E-state index contributed by atoms with van der Waals surface area (Å²) in [5.74, 6) is 0.919. The van der Waals surface area contributed by atoms with Crippen molar-refractivity contribution in [3.8, 4) is 11.5 Å². The van der Waals surface area contributed by atoms with Gasteiger partial charge in [-0.25, -0.2) is 9.59 Å². The van der Waals surface area contributed by atoms with Crippen LogP contribution in [0.3, 0.4) is 0 Å². The summed E-state index contributed by atoms with van der Waals surface area (Å²) in [6.45, 7) is 6.73. The maximum absolute atomic E-state index is 12.9. The number of carbonyl (C=O) groups is 1. The topological polar surface area (TPSA) is 75.0 Å². The minimum Gasteiger partial charge on any atom is -0.490 e. The van der Waals surface area contributed by atoms with Crippen molar-refractivity contribution in [2.75, 3.05) is 13.2 Å². The number of para-hydroxylation sites is 2. The van der Waals surface area contributed by atoms with E-state index in [2.05, 4.69) is 13.8 Å². The number of benzene rings is 3. The monoisotopic (exact) mass is 472 g/mol. The van der Waals surface area contributed by atoms with E-state index in [9.17, 15) is 9.59 Å². The molecular weight excluding hydrogens is 444 g/mol. The highest BCUT2D eigenvalue weighted by atomic mass is 16.5. The van der Waals surface area contributed by atoms with Gasteiger partial charge in [-0.3, -0.25) is 0 Å². The average Bonchev–Trinajstić information content (AvgIpc) is 2.85. The maximum atomic E-state index is 12.9. The first-order valence-electron chi connectivity index (χ1n) is 11.6. The van der Waals surface area contributed by atoms with Crippen molar-refractivity contribution >= 4 is 16.9 Å². The first-order chi connectivity index (χ1) is 16.9. The van der Waals surface area contributed by atoms with E-state index in [0.717, 1.165) is 22.3 Å². The van der Waals surface area contributed by atoms with Crippen LogP contribution in [-0.2, 0) is 11.3 Å². The molecule has 0 aliphatic heterocycles. The van der Waals surface area contributed by atoms with E-state index >= 15 is 0 Å². The Morgan fingerprint density at radius 3 is 2.40 bits per heavy atom. The quantitative estimate of drug-likeness (QED) is 0.168. The van der Waals surface area contributed by atoms with Crippen LogP contribution in [0.4, 0.5) is 0 Å². The van der Waals surface area contributed by atoms with Crippen molar-refractivity contribution in [3.63, 3.8) is 0 Å². The molecule has 1 heterocycles. The van der Waals surface area contributed by atoms with Gasteiger partial charge in [0.1, 0.15) is 42.5 Å². The zero-order valence-corrected chi connectivity index (χ0v) is 20.1. The van der Waals surface area contributed by atoms with E-state index < -0.39 is 11.6 Å². The predicted octanol–water partition coefficient (Wildman–Crippen LogP) is 6.04. The number of fused-ring (bicyclic) bond motifs is 1. The minimum absolute atomic E-state index is 0.0625. The lowest BCUT2D eigenvalue weighted by molar-refractivity contribution is 0.0468. The fourth-order valence-corrected chi connectivity index (χ4v) is 3.94. The van der Waals surface area contributed by atoms with Crippen LogP contribution in [0.1, 0.15) is 46.8 Å². The summed E-state index contributed by atoms with van der Waals surface area (Å²) >= 11 is 0. The predicted molar refractivity (Wildman–Crippen MR) is 134 cm³/mol. The van der Waals surface area contributed by atoms with Crippen LogP contribution in [0, 0.1) is 6.92 Å². The van der Waals surface area contributed by atoms with Crippen LogP contribution in [0.2, 0.25) is 0 Å². The SMILES string of the molecule is Cc1cc2oc(=O)cc(COC(=O)c3ccccc3OCCOc3ccccc3)c2cc1C(C)C. The van der Waals surface area contributed by atoms with Crippen molar-refractivity contribution in [2.24, 2.45) is 0 Å². The molecule has 1 aromatic heterocycles. The van der Waals surface area contributed by atoms with Gasteiger partial charge in [0.25, 0.3) is 0 Å². The summed E-state index contributed by atoms with van der Waals surface area (Å²) in [6.07, 6.45) is 0. The van der Waals surface area contributed by atoms with E-state index in [1.165, 1.54) is 6.07 Å². The first kappa shape index (κ1) is 24.1. The molecule has 0 atom stereocenters. The molecule has 0 fully saturated rings. The number of carbonyl (C=O) groups excluding carboxylic acids is 1. The zero-order valence-electron chi connectivity index (χ0n) is 20.1. The normalized spacial score (nSPS) is 11.0. The second kappa shape index (κ2) is 10.9. The third-order valence-electron chi connectivity index (χ3n) is 5.66. The lowest BCUT2D eigenvalue weighted by Crippen LogP contribution is -2.13. The van der Waals surface area contributed by atoms with Crippen LogP contribution in [-0.4, -0.2) is 19.2 Å². The Morgan fingerprint density at radius 2 is 1.63 bits per heavy atom. The third kappa shape index (κ3) is 5.90. The van der Waals surface area contributed by atoms with E-state index in [1.807, 2.05) is 49.4 Å².